The van der Waals surface area contributed by atoms with E-state index in [0.717, 1.165) is 30.4 Å². The monoisotopic (exact) mass is 544 g/mol. The lowest BCUT2D eigenvalue weighted by Crippen LogP contribution is -2.29. The predicted molar refractivity (Wildman–Crippen MR) is 134 cm³/mol. The van der Waals surface area contributed by atoms with E-state index in [4.69, 9.17) is 18.8 Å². The third-order valence-electron chi connectivity index (χ3n) is 5.06. The molecule has 1 heterocycles. The van der Waals surface area contributed by atoms with Crippen molar-refractivity contribution in [1.29, 1.82) is 0 Å². The number of aliphatic hydroxyl groups excluding tert-OH is 1. The third-order valence-corrected chi connectivity index (χ3v) is 7.66. The molecule has 0 spiro atoms. The summed E-state index contributed by atoms with van der Waals surface area (Å²) >= 11 is 0. The van der Waals surface area contributed by atoms with E-state index in [1.807, 2.05) is 13.8 Å². The van der Waals surface area contributed by atoms with Gasteiger partial charge in [-0.25, -0.2) is 0 Å². The van der Waals surface area contributed by atoms with Gasteiger partial charge in [-0.15, -0.1) is 0 Å². The highest BCUT2D eigenvalue weighted by Crippen LogP contribution is 2.18. The summed E-state index contributed by atoms with van der Waals surface area (Å²) in [5, 5.41) is 8.92. The van der Waals surface area contributed by atoms with Gasteiger partial charge in [-0.2, -0.15) is 16.8 Å². The average molecular weight is 545 g/mol. The fourth-order valence-corrected chi connectivity index (χ4v) is 4.99. The molecule has 3 rings (SSSR count). The van der Waals surface area contributed by atoms with E-state index in [9.17, 15) is 16.8 Å². The molecule has 11 heteroatoms. The minimum absolute atomic E-state index is 0.0178. The summed E-state index contributed by atoms with van der Waals surface area (Å²) in [5.41, 5.74) is 1.98. The summed E-state index contributed by atoms with van der Waals surface area (Å²) < 4.78 is 67.9. The largest absolute Gasteiger partial charge is 0.391 e. The second-order valence-corrected chi connectivity index (χ2v) is 11.9. The molecule has 0 bridgehead atoms. The van der Waals surface area contributed by atoms with Crippen molar-refractivity contribution in [3.63, 3.8) is 0 Å². The second kappa shape index (κ2) is 14.2. The van der Waals surface area contributed by atoms with Crippen LogP contribution in [0.3, 0.4) is 0 Å². The molecule has 0 amide bonds. The maximum Gasteiger partial charge on any atom is 0.297 e. The van der Waals surface area contributed by atoms with Gasteiger partial charge < -0.3 is 14.6 Å². The van der Waals surface area contributed by atoms with Crippen LogP contribution >= 0.6 is 0 Å². The predicted octanol–water partition coefficient (Wildman–Crippen LogP) is 3.71. The van der Waals surface area contributed by atoms with Crippen molar-refractivity contribution in [3.05, 3.63) is 59.7 Å². The number of aryl methyl sites for hydroxylation is 2. The Hall–Kier alpha value is -1.86. The van der Waals surface area contributed by atoms with Gasteiger partial charge in [0.2, 0.25) is 0 Å². The molecule has 1 unspecified atom stereocenters. The van der Waals surface area contributed by atoms with E-state index < -0.39 is 26.3 Å². The van der Waals surface area contributed by atoms with Crippen molar-refractivity contribution >= 4 is 20.2 Å². The molecule has 2 aromatic rings. The van der Waals surface area contributed by atoms with Gasteiger partial charge in [0.15, 0.2) is 6.29 Å². The zero-order chi connectivity index (χ0) is 26.8. The lowest BCUT2D eigenvalue weighted by Gasteiger charge is -2.25. The summed E-state index contributed by atoms with van der Waals surface area (Å²) in [6.45, 7) is 7.46. The van der Waals surface area contributed by atoms with Crippen molar-refractivity contribution in [2.45, 2.75) is 75.2 Å². The van der Waals surface area contributed by atoms with Crippen LogP contribution in [0.15, 0.2) is 58.3 Å². The summed E-state index contributed by atoms with van der Waals surface area (Å²) in [7, 11) is -7.47. The second-order valence-electron chi connectivity index (χ2n) is 8.70. The quantitative estimate of drug-likeness (QED) is 0.446. The molecule has 1 N–H and O–H groups in total. The van der Waals surface area contributed by atoms with Gasteiger partial charge in [-0.05, 0) is 71.2 Å². The molecule has 0 aliphatic carbocycles. The smallest absolute Gasteiger partial charge is 0.297 e. The Labute approximate surface area is 214 Å². The highest BCUT2D eigenvalue weighted by Gasteiger charge is 2.21. The summed E-state index contributed by atoms with van der Waals surface area (Å²) in [6, 6.07) is 12.9. The van der Waals surface area contributed by atoms with Gasteiger partial charge in [-0.3, -0.25) is 8.37 Å². The maximum absolute atomic E-state index is 12.0. The van der Waals surface area contributed by atoms with Crippen LogP contribution in [0.2, 0.25) is 0 Å². The topological polar surface area (TPSA) is 125 Å². The molecular formula is C25H36O9S2. The molecule has 9 nitrogen and oxygen atoms in total. The first kappa shape index (κ1) is 30.4. The van der Waals surface area contributed by atoms with Crippen LogP contribution in [0.1, 0.15) is 44.2 Å². The molecule has 1 fully saturated rings. The van der Waals surface area contributed by atoms with Gasteiger partial charge in [0.05, 0.1) is 35.2 Å². The van der Waals surface area contributed by atoms with Crippen molar-refractivity contribution < 1.29 is 39.8 Å². The molecule has 1 saturated heterocycles. The van der Waals surface area contributed by atoms with Crippen molar-refractivity contribution in [2.75, 3.05) is 19.8 Å². The number of hydrogen-bond donors (Lipinski definition) is 1. The van der Waals surface area contributed by atoms with Crippen LogP contribution in [0.25, 0.3) is 0 Å². The number of benzene rings is 2. The standard InChI is InChI=1S/C15H22O5S.C10H14O4S/c1-12-6-8-14(9-7-12)21(16,17)19-11-13(2)20-15-5-3-4-10-18-15;1-8-3-5-10(6-4-8)15(12,13)14-7-9(2)11/h6-9,13,15H,3-5,10-11H2,1-2H3;3-6,9,11H,7H2,1-2H3/t13-,15?;9-/m00/s1. The van der Waals surface area contributed by atoms with Crippen LogP contribution in [0, 0.1) is 13.8 Å². The van der Waals surface area contributed by atoms with Gasteiger partial charge in [0.25, 0.3) is 20.2 Å². The van der Waals surface area contributed by atoms with E-state index >= 15 is 0 Å². The van der Waals surface area contributed by atoms with Crippen LogP contribution in [0.4, 0.5) is 0 Å². The first-order valence-corrected chi connectivity index (χ1v) is 14.6. The van der Waals surface area contributed by atoms with E-state index in [1.54, 1.807) is 43.3 Å². The maximum atomic E-state index is 12.0. The summed E-state index contributed by atoms with van der Waals surface area (Å²) in [5.74, 6) is 0. The van der Waals surface area contributed by atoms with Crippen molar-refractivity contribution in [2.24, 2.45) is 0 Å². The Bertz CT molecular complexity index is 1120. The Balaban J connectivity index is 0.000000269. The Kier molecular flexibility index (Phi) is 12.0. The van der Waals surface area contributed by atoms with Gasteiger partial charge >= 0.3 is 0 Å². The highest BCUT2D eigenvalue weighted by atomic mass is 32.2. The molecule has 3 atom stereocenters. The molecule has 0 aromatic heterocycles. The molecule has 1 aliphatic rings. The number of aliphatic hydroxyl groups is 1. The number of rotatable bonds is 10. The summed E-state index contributed by atoms with van der Waals surface area (Å²) in [4.78, 5) is 0.267. The minimum Gasteiger partial charge on any atom is -0.391 e. The average Bonchev–Trinajstić information content (AvgIpc) is 2.83. The fraction of sp³-hybridized carbons (Fsp3) is 0.520. The van der Waals surface area contributed by atoms with E-state index in [-0.39, 0.29) is 35.4 Å². The van der Waals surface area contributed by atoms with E-state index in [1.165, 1.54) is 19.1 Å². The summed E-state index contributed by atoms with van der Waals surface area (Å²) in [6.07, 6.45) is 1.57. The number of ether oxygens (including phenoxy) is 2. The molecule has 2 aromatic carbocycles. The van der Waals surface area contributed by atoms with Gasteiger partial charge in [0.1, 0.15) is 0 Å². The van der Waals surface area contributed by atoms with Crippen LogP contribution in [-0.4, -0.2) is 60.3 Å². The molecular weight excluding hydrogens is 508 g/mol. The zero-order valence-corrected chi connectivity index (χ0v) is 22.8. The van der Waals surface area contributed by atoms with Crippen LogP contribution in [0.5, 0.6) is 0 Å². The third kappa shape index (κ3) is 10.6. The molecule has 202 valence electrons. The van der Waals surface area contributed by atoms with Gasteiger partial charge in [0, 0.05) is 6.61 Å². The van der Waals surface area contributed by atoms with E-state index in [0.29, 0.717) is 6.61 Å². The first-order chi connectivity index (χ1) is 16.9. The van der Waals surface area contributed by atoms with Crippen molar-refractivity contribution in [3.8, 4) is 0 Å². The van der Waals surface area contributed by atoms with Crippen LogP contribution in [-0.2, 0) is 38.1 Å². The zero-order valence-electron chi connectivity index (χ0n) is 21.1. The first-order valence-electron chi connectivity index (χ1n) is 11.8. The Morgan fingerprint density at radius 1 is 0.833 bits per heavy atom. The molecule has 0 saturated carbocycles. The minimum atomic E-state index is -3.73. The Morgan fingerprint density at radius 3 is 1.72 bits per heavy atom. The normalized spacial score (nSPS) is 18.1. The lowest BCUT2D eigenvalue weighted by atomic mass is 10.2. The highest BCUT2D eigenvalue weighted by molar-refractivity contribution is 7.87. The SMILES string of the molecule is Cc1ccc(S(=O)(=O)OC[C@H](C)O)cc1.Cc1ccc(S(=O)(=O)OC[C@H](C)OC2CCCCO2)cc1. The Morgan fingerprint density at radius 2 is 1.31 bits per heavy atom. The lowest BCUT2D eigenvalue weighted by molar-refractivity contribution is -0.188. The van der Waals surface area contributed by atoms with Gasteiger partial charge in [-0.1, -0.05) is 35.4 Å². The molecule has 1 aliphatic heterocycles. The molecule has 36 heavy (non-hydrogen) atoms. The van der Waals surface area contributed by atoms with E-state index in [2.05, 4.69) is 4.18 Å². The van der Waals surface area contributed by atoms with Crippen LogP contribution < -0.4 is 0 Å². The number of hydrogen-bond acceptors (Lipinski definition) is 9. The fourth-order valence-electron chi connectivity index (χ4n) is 3.04. The molecule has 0 radical (unpaired) electrons. The van der Waals surface area contributed by atoms with Crippen molar-refractivity contribution in [1.82, 2.24) is 0 Å².